The zero-order chi connectivity index (χ0) is 12.3. The summed E-state index contributed by atoms with van der Waals surface area (Å²) in [5.41, 5.74) is 6.28. The smallest absolute Gasteiger partial charge is 0.142 e. The molecule has 0 amide bonds. The number of hydrogen-bond donors (Lipinski definition) is 1. The molecule has 0 aliphatic carbocycles. The Morgan fingerprint density at radius 1 is 1.65 bits per heavy atom. The first-order chi connectivity index (χ1) is 8.20. The summed E-state index contributed by atoms with van der Waals surface area (Å²) in [4.78, 5) is 6.39. The fraction of sp³-hybridized carbons (Fsp3) is 0.500. The number of nitriles is 1. The summed E-state index contributed by atoms with van der Waals surface area (Å²) in [6, 6.07) is 7.50. The van der Waals surface area contributed by atoms with E-state index in [2.05, 4.69) is 9.88 Å². The Morgan fingerprint density at radius 2 is 2.47 bits per heavy atom. The number of pyridine rings is 1. The van der Waals surface area contributed by atoms with E-state index in [-0.39, 0.29) is 12.1 Å². The van der Waals surface area contributed by atoms with Crippen LogP contribution >= 0.6 is 0 Å². The molecule has 2 unspecified atom stereocenters. The summed E-state index contributed by atoms with van der Waals surface area (Å²) in [7, 11) is 0. The molecule has 0 bridgehead atoms. The Hall–Kier alpha value is -1.64. The van der Waals surface area contributed by atoms with Crippen molar-refractivity contribution < 1.29 is 4.74 Å². The van der Waals surface area contributed by atoms with Crippen LogP contribution in [0.15, 0.2) is 18.2 Å². The minimum absolute atomic E-state index is 0.00282. The van der Waals surface area contributed by atoms with Crippen molar-refractivity contribution in [1.82, 2.24) is 4.98 Å². The van der Waals surface area contributed by atoms with Gasteiger partial charge in [0.2, 0.25) is 0 Å². The molecule has 2 rings (SSSR count). The maximum Gasteiger partial charge on any atom is 0.142 e. The molecule has 2 atom stereocenters. The van der Waals surface area contributed by atoms with Crippen LogP contribution in [0.25, 0.3) is 0 Å². The topological polar surface area (TPSA) is 75.2 Å². The summed E-state index contributed by atoms with van der Waals surface area (Å²) in [6.07, 6.45) is 0.0243. The highest BCUT2D eigenvalue weighted by Gasteiger charge is 2.24. The molecule has 1 aliphatic rings. The Kier molecular flexibility index (Phi) is 3.57. The first-order valence-electron chi connectivity index (χ1n) is 5.70. The molecule has 90 valence electrons. The van der Waals surface area contributed by atoms with Crippen LogP contribution in [-0.4, -0.2) is 36.8 Å². The van der Waals surface area contributed by atoms with Gasteiger partial charge in [0.15, 0.2) is 0 Å². The third kappa shape index (κ3) is 2.73. The number of nitrogens with zero attached hydrogens (tertiary/aromatic N) is 3. The van der Waals surface area contributed by atoms with Crippen LogP contribution in [-0.2, 0) is 4.74 Å². The van der Waals surface area contributed by atoms with Crippen LogP contribution in [0.4, 0.5) is 5.82 Å². The van der Waals surface area contributed by atoms with Gasteiger partial charge in [-0.3, -0.25) is 0 Å². The second-order valence-corrected chi connectivity index (χ2v) is 4.21. The van der Waals surface area contributed by atoms with E-state index in [1.165, 1.54) is 0 Å². The number of nitrogens with two attached hydrogens (primary N) is 1. The molecule has 0 aromatic carbocycles. The number of aromatic nitrogens is 1. The highest BCUT2D eigenvalue weighted by molar-refractivity contribution is 5.42. The molecule has 0 saturated carbocycles. The Bertz CT molecular complexity index is 427. The number of ether oxygens (including phenoxy) is 1. The lowest BCUT2D eigenvalue weighted by atomic mass is 10.1. The first-order valence-corrected chi connectivity index (χ1v) is 5.70. The van der Waals surface area contributed by atoms with Gasteiger partial charge in [-0.05, 0) is 19.1 Å². The summed E-state index contributed by atoms with van der Waals surface area (Å²) in [5.74, 6) is 0.818. The third-order valence-corrected chi connectivity index (χ3v) is 2.85. The van der Waals surface area contributed by atoms with E-state index in [0.29, 0.717) is 12.3 Å². The fourth-order valence-corrected chi connectivity index (χ4v) is 1.86. The molecule has 5 nitrogen and oxygen atoms in total. The number of rotatable bonds is 2. The zero-order valence-electron chi connectivity index (χ0n) is 9.84. The van der Waals surface area contributed by atoms with Crippen molar-refractivity contribution in [2.75, 3.05) is 24.6 Å². The van der Waals surface area contributed by atoms with Gasteiger partial charge in [-0.15, -0.1) is 0 Å². The van der Waals surface area contributed by atoms with Crippen molar-refractivity contribution in [3.05, 3.63) is 23.9 Å². The van der Waals surface area contributed by atoms with Gasteiger partial charge in [0, 0.05) is 19.1 Å². The highest BCUT2D eigenvalue weighted by atomic mass is 16.5. The molecular formula is C12H16N4O. The summed E-state index contributed by atoms with van der Waals surface area (Å²) in [5, 5.41) is 8.82. The maximum atomic E-state index is 8.82. The minimum atomic E-state index is -0.00282. The van der Waals surface area contributed by atoms with Crippen molar-refractivity contribution in [3.8, 4) is 6.07 Å². The van der Waals surface area contributed by atoms with Crippen LogP contribution < -0.4 is 10.6 Å². The van der Waals surface area contributed by atoms with E-state index in [4.69, 9.17) is 15.7 Å². The average Bonchev–Trinajstić information content (AvgIpc) is 2.39. The van der Waals surface area contributed by atoms with E-state index in [0.717, 1.165) is 18.9 Å². The van der Waals surface area contributed by atoms with Crippen molar-refractivity contribution in [2.24, 2.45) is 5.73 Å². The molecule has 1 fully saturated rings. The van der Waals surface area contributed by atoms with E-state index in [1.807, 2.05) is 25.1 Å². The average molecular weight is 232 g/mol. The Morgan fingerprint density at radius 3 is 3.18 bits per heavy atom. The van der Waals surface area contributed by atoms with E-state index in [1.54, 1.807) is 6.07 Å². The summed E-state index contributed by atoms with van der Waals surface area (Å²) in [6.45, 7) is 4.09. The van der Waals surface area contributed by atoms with E-state index < -0.39 is 0 Å². The number of anilines is 1. The van der Waals surface area contributed by atoms with Crippen molar-refractivity contribution in [3.63, 3.8) is 0 Å². The number of morpholine rings is 1. The van der Waals surface area contributed by atoms with Crippen LogP contribution in [0.1, 0.15) is 12.6 Å². The molecule has 1 saturated heterocycles. The predicted octanol–water partition coefficient (Wildman–Crippen LogP) is 0.506. The molecule has 1 aromatic heterocycles. The molecule has 0 spiro atoms. The van der Waals surface area contributed by atoms with E-state index >= 15 is 0 Å². The van der Waals surface area contributed by atoms with Gasteiger partial charge in [0.05, 0.1) is 12.7 Å². The Labute approximate surface area is 101 Å². The highest BCUT2D eigenvalue weighted by Crippen LogP contribution is 2.16. The zero-order valence-corrected chi connectivity index (χ0v) is 9.84. The number of hydrogen-bond acceptors (Lipinski definition) is 5. The lowest BCUT2D eigenvalue weighted by molar-refractivity contribution is 0.0273. The van der Waals surface area contributed by atoms with Crippen molar-refractivity contribution in [1.29, 1.82) is 5.26 Å². The lowest BCUT2D eigenvalue weighted by Crippen LogP contribution is -2.49. The standard InChI is InChI=1S/C12H16N4O/c1-9(14)11-8-16(5-6-17-11)12-4-2-3-10(7-13)15-12/h2-4,9,11H,5-6,8,14H2,1H3. The fourth-order valence-electron chi connectivity index (χ4n) is 1.86. The van der Waals surface area contributed by atoms with Crippen molar-refractivity contribution >= 4 is 5.82 Å². The second kappa shape index (κ2) is 5.13. The molecule has 17 heavy (non-hydrogen) atoms. The van der Waals surface area contributed by atoms with Gasteiger partial charge in [0.25, 0.3) is 0 Å². The SMILES string of the molecule is CC(N)C1CN(c2cccc(C#N)n2)CCO1. The van der Waals surface area contributed by atoms with Gasteiger partial charge in [-0.2, -0.15) is 5.26 Å². The maximum absolute atomic E-state index is 8.82. The molecule has 2 heterocycles. The lowest BCUT2D eigenvalue weighted by Gasteiger charge is -2.35. The minimum Gasteiger partial charge on any atom is -0.373 e. The van der Waals surface area contributed by atoms with Crippen LogP contribution in [0, 0.1) is 11.3 Å². The van der Waals surface area contributed by atoms with Crippen LogP contribution in [0.2, 0.25) is 0 Å². The molecule has 1 aliphatic heterocycles. The third-order valence-electron chi connectivity index (χ3n) is 2.85. The molecule has 5 heteroatoms. The summed E-state index contributed by atoms with van der Waals surface area (Å²) < 4.78 is 5.59. The van der Waals surface area contributed by atoms with Crippen LogP contribution in [0.3, 0.4) is 0 Å². The van der Waals surface area contributed by atoms with Crippen molar-refractivity contribution in [2.45, 2.75) is 19.1 Å². The van der Waals surface area contributed by atoms with Gasteiger partial charge in [0.1, 0.15) is 17.6 Å². The largest absolute Gasteiger partial charge is 0.373 e. The second-order valence-electron chi connectivity index (χ2n) is 4.21. The normalized spacial score (nSPS) is 21.9. The van der Waals surface area contributed by atoms with Gasteiger partial charge in [-0.25, -0.2) is 4.98 Å². The molecule has 0 radical (unpaired) electrons. The van der Waals surface area contributed by atoms with Gasteiger partial charge < -0.3 is 15.4 Å². The molecule has 1 aromatic rings. The van der Waals surface area contributed by atoms with Gasteiger partial charge in [-0.1, -0.05) is 6.07 Å². The monoisotopic (exact) mass is 232 g/mol. The van der Waals surface area contributed by atoms with E-state index in [9.17, 15) is 0 Å². The predicted molar refractivity (Wildman–Crippen MR) is 64.6 cm³/mol. The summed E-state index contributed by atoms with van der Waals surface area (Å²) >= 11 is 0. The molecule has 2 N–H and O–H groups in total. The Balaban J connectivity index is 2.13. The van der Waals surface area contributed by atoms with Gasteiger partial charge >= 0.3 is 0 Å². The first kappa shape index (κ1) is 11.8. The van der Waals surface area contributed by atoms with Crippen LogP contribution in [0.5, 0.6) is 0 Å². The molecular weight excluding hydrogens is 216 g/mol. The quantitative estimate of drug-likeness (QED) is 0.804.